The molecule has 3 aliphatic rings. The first-order chi connectivity index (χ1) is 18.1. The third kappa shape index (κ3) is 4.68. The Morgan fingerprint density at radius 1 is 1.11 bits per heavy atom. The molecule has 192 valence electrons. The molecule has 0 amide bonds. The molecule has 3 atom stereocenters. The SMILES string of the molecule is [2H]C([2H])(C1CCOCC1)N1C[C@H]2CC(Nc3nnc(-c4ccc5c(c4)ncn5C)cc3C(F)(F)F)C[C@H]2C1. The van der Waals surface area contributed by atoms with E-state index in [1.165, 1.54) is 0 Å². The van der Waals surface area contributed by atoms with E-state index >= 15 is 0 Å². The van der Waals surface area contributed by atoms with Crippen molar-refractivity contribution in [3.05, 3.63) is 36.2 Å². The quantitative estimate of drug-likeness (QED) is 0.550. The number of likely N-dealkylation sites (tertiary alicyclic amines) is 1. The van der Waals surface area contributed by atoms with Crippen molar-refractivity contribution in [2.24, 2.45) is 24.8 Å². The van der Waals surface area contributed by atoms with Crippen LogP contribution in [-0.4, -0.2) is 63.5 Å². The summed E-state index contributed by atoms with van der Waals surface area (Å²) >= 11 is 0. The molecule has 1 aliphatic carbocycles. The van der Waals surface area contributed by atoms with Crippen molar-refractivity contribution >= 4 is 16.9 Å². The third-order valence-corrected chi connectivity index (χ3v) is 7.80. The van der Waals surface area contributed by atoms with Crippen molar-refractivity contribution in [2.45, 2.75) is 37.9 Å². The summed E-state index contributed by atoms with van der Waals surface area (Å²) < 4.78 is 67.0. The molecule has 1 saturated carbocycles. The summed E-state index contributed by atoms with van der Waals surface area (Å²) in [6.45, 7) is 1.05. The molecule has 7 nitrogen and oxygen atoms in total. The van der Waals surface area contributed by atoms with Crippen LogP contribution in [0.2, 0.25) is 0 Å². The predicted molar refractivity (Wildman–Crippen MR) is 130 cm³/mol. The number of aromatic nitrogens is 4. The number of hydrogen-bond acceptors (Lipinski definition) is 6. The highest BCUT2D eigenvalue weighted by Crippen LogP contribution is 2.42. The molecular weight excluding hydrogens is 469 g/mol. The zero-order valence-electron chi connectivity index (χ0n) is 22.1. The van der Waals surface area contributed by atoms with E-state index in [-0.39, 0.29) is 35.3 Å². The van der Waals surface area contributed by atoms with Crippen LogP contribution in [0.25, 0.3) is 22.3 Å². The average molecular weight is 503 g/mol. The molecule has 1 aromatic carbocycles. The monoisotopic (exact) mass is 502 g/mol. The lowest BCUT2D eigenvalue weighted by Crippen LogP contribution is -2.32. The maximum absolute atomic E-state index is 14.1. The number of rotatable bonds is 5. The largest absolute Gasteiger partial charge is 0.420 e. The van der Waals surface area contributed by atoms with Crippen LogP contribution in [0.5, 0.6) is 0 Å². The first-order valence-corrected chi connectivity index (χ1v) is 12.6. The van der Waals surface area contributed by atoms with Crippen LogP contribution in [0.3, 0.4) is 0 Å². The number of aryl methyl sites for hydroxylation is 1. The summed E-state index contributed by atoms with van der Waals surface area (Å²) in [4.78, 5) is 6.23. The van der Waals surface area contributed by atoms with Gasteiger partial charge in [0.15, 0.2) is 5.82 Å². The van der Waals surface area contributed by atoms with Crippen molar-refractivity contribution in [2.75, 3.05) is 38.1 Å². The van der Waals surface area contributed by atoms with Gasteiger partial charge in [0.25, 0.3) is 0 Å². The van der Waals surface area contributed by atoms with Crippen molar-refractivity contribution in [3.8, 4) is 11.3 Å². The lowest BCUT2D eigenvalue weighted by molar-refractivity contribution is -0.137. The molecule has 2 aromatic heterocycles. The van der Waals surface area contributed by atoms with Gasteiger partial charge in [0.2, 0.25) is 0 Å². The fourth-order valence-electron chi connectivity index (χ4n) is 5.95. The first kappa shape index (κ1) is 21.4. The fourth-order valence-corrected chi connectivity index (χ4v) is 5.95. The van der Waals surface area contributed by atoms with Gasteiger partial charge in [0, 0.05) is 54.2 Å². The third-order valence-electron chi connectivity index (χ3n) is 7.80. The minimum Gasteiger partial charge on any atom is -0.381 e. The zero-order valence-corrected chi connectivity index (χ0v) is 20.1. The highest BCUT2D eigenvalue weighted by atomic mass is 19.4. The second kappa shape index (κ2) is 9.30. The highest BCUT2D eigenvalue weighted by molar-refractivity contribution is 5.81. The number of hydrogen-bond donors (Lipinski definition) is 1. The Bertz CT molecular complexity index is 1310. The predicted octanol–water partition coefficient (Wildman–Crippen LogP) is 4.60. The van der Waals surface area contributed by atoms with Gasteiger partial charge >= 0.3 is 6.18 Å². The van der Waals surface area contributed by atoms with E-state index in [0.717, 1.165) is 11.6 Å². The van der Waals surface area contributed by atoms with Gasteiger partial charge in [-0.3, -0.25) is 0 Å². The van der Waals surface area contributed by atoms with Crippen LogP contribution in [-0.2, 0) is 18.0 Å². The second-order valence-electron chi connectivity index (χ2n) is 10.3. The summed E-state index contributed by atoms with van der Waals surface area (Å²) in [7, 11) is 1.86. The van der Waals surface area contributed by atoms with Crippen LogP contribution >= 0.6 is 0 Å². The van der Waals surface area contributed by atoms with Crippen LogP contribution in [0.15, 0.2) is 30.6 Å². The molecular formula is C26H31F3N6O. The molecule has 3 fully saturated rings. The minimum atomic E-state index is -4.59. The standard InChI is InChI=1S/C26H31F3N6O/c1-34-15-30-23-10-17(2-3-24(23)34)22-11-21(26(27,28)29)25(33-32-22)31-20-8-18-13-35(14-19(18)9-20)12-16-4-6-36-7-5-16/h2-3,10-11,15-16,18-20H,4-9,12-14H2,1H3,(H,31,33)/t18-,19+,20?/i12D2. The van der Waals surface area contributed by atoms with Gasteiger partial charge in [0.05, 0.1) is 23.1 Å². The van der Waals surface area contributed by atoms with E-state index in [9.17, 15) is 13.2 Å². The Labute approximate surface area is 210 Å². The lowest BCUT2D eigenvalue weighted by Gasteiger charge is -2.28. The first-order valence-electron chi connectivity index (χ1n) is 13.6. The van der Waals surface area contributed by atoms with Gasteiger partial charge in [-0.05, 0) is 61.6 Å². The van der Waals surface area contributed by atoms with E-state index in [1.807, 2.05) is 22.6 Å². The molecule has 0 spiro atoms. The number of ether oxygens (including phenoxy) is 1. The highest BCUT2D eigenvalue weighted by Gasteiger charge is 2.43. The van der Waals surface area contributed by atoms with Crippen LogP contribution in [0.4, 0.5) is 19.0 Å². The van der Waals surface area contributed by atoms with Gasteiger partial charge < -0.3 is 19.5 Å². The number of imidazole rings is 1. The van der Waals surface area contributed by atoms with Crippen molar-refractivity contribution in [1.82, 2.24) is 24.6 Å². The zero-order chi connectivity index (χ0) is 26.7. The molecule has 0 radical (unpaired) electrons. The number of nitrogens with zero attached hydrogens (tertiary/aromatic N) is 5. The number of alkyl halides is 3. The summed E-state index contributed by atoms with van der Waals surface area (Å²) in [6.07, 6.45) is -0.137. The fraction of sp³-hybridized carbons (Fsp3) is 0.577. The summed E-state index contributed by atoms with van der Waals surface area (Å²) in [5, 5.41) is 11.2. The van der Waals surface area contributed by atoms with Crippen molar-refractivity contribution < 1.29 is 20.6 Å². The maximum atomic E-state index is 14.1. The molecule has 36 heavy (non-hydrogen) atoms. The summed E-state index contributed by atoms with van der Waals surface area (Å²) in [5.41, 5.74) is 1.38. The molecule has 4 heterocycles. The number of nitrogens with one attached hydrogen (secondary N) is 1. The van der Waals surface area contributed by atoms with Gasteiger partial charge in [-0.2, -0.15) is 13.2 Å². The topological polar surface area (TPSA) is 68.1 Å². The van der Waals surface area contributed by atoms with Gasteiger partial charge in [-0.25, -0.2) is 4.98 Å². The Kier molecular flexibility index (Phi) is 5.52. The number of fused-ring (bicyclic) bond motifs is 2. The molecule has 2 aliphatic heterocycles. The van der Waals surface area contributed by atoms with E-state index in [1.54, 1.807) is 18.5 Å². The molecule has 2 saturated heterocycles. The van der Waals surface area contributed by atoms with E-state index in [0.29, 0.717) is 63.1 Å². The smallest absolute Gasteiger partial charge is 0.381 e. The molecule has 0 bridgehead atoms. The number of halogens is 3. The van der Waals surface area contributed by atoms with Crippen LogP contribution in [0.1, 0.15) is 34.0 Å². The van der Waals surface area contributed by atoms with Gasteiger partial charge in [-0.1, -0.05) is 6.07 Å². The molecule has 10 heteroatoms. The van der Waals surface area contributed by atoms with Gasteiger partial charge in [-0.15, -0.1) is 10.2 Å². The van der Waals surface area contributed by atoms with Crippen molar-refractivity contribution in [3.63, 3.8) is 0 Å². The Balaban J connectivity index is 1.16. The Morgan fingerprint density at radius 3 is 2.58 bits per heavy atom. The Hall–Kier alpha value is -2.72. The number of benzene rings is 1. The van der Waals surface area contributed by atoms with Gasteiger partial charge in [0.1, 0.15) is 5.56 Å². The second-order valence-corrected chi connectivity index (χ2v) is 10.3. The Morgan fingerprint density at radius 2 is 1.86 bits per heavy atom. The average Bonchev–Trinajstić information content (AvgIpc) is 3.57. The minimum absolute atomic E-state index is 0.0504. The molecule has 6 rings (SSSR count). The molecule has 3 aromatic rings. The number of anilines is 1. The van der Waals surface area contributed by atoms with E-state index in [2.05, 4.69) is 20.5 Å². The normalized spacial score (nSPS) is 26.7. The molecule has 1 unspecified atom stereocenters. The van der Waals surface area contributed by atoms with Crippen LogP contribution < -0.4 is 5.32 Å². The maximum Gasteiger partial charge on any atom is 0.420 e. The molecule has 1 N–H and O–H groups in total. The van der Waals surface area contributed by atoms with Crippen molar-refractivity contribution in [1.29, 1.82) is 0 Å². The van der Waals surface area contributed by atoms with Crippen LogP contribution in [0, 0.1) is 17.8 Å². The summed E-state index contributed by atoms with van der Waals surface area (Å²) in [5.74, 6) is 0.188. The van der Waals surface area contributed by atoms with E-state index < -0.39 is 18.2 Å². The summed E-state index contributed by atoms with van der Waals surface area (Å²) in [6, 6.07) is 6.15. The lowest BCUT2D eigenvalue weighted by atomic mass is 10.00. The van der Waals surface area contributed by atoms with E-state index in [4.69, 9.17) is 7.48 Å².